The van der Waals surface area contributed by atoms with Crippen LogP contribution in [-0.2, 0) is 6.54 Å². The molecule has 0 bridgehead atoms. The molecule has 2 heterocycles. The first-order valence-corrected chi connectivity index (χ1v) is 8.15. The smallest absolute Gasteiger partial charge is 0.142 e. The van der Waals surface area contributed by atoms with E-state index in [4.69, 9.17) is 5.26 Å². The maximum absolute atomic E-state index is 10.9. The second-order valence-corrected chi connectivity index (χ2v) is 6.52. The molecule has 3 rings (SSSR count). The minimum absolute atomic E-state index is 0.392. The molecule has 1 atom stereocenters. The summed E-state index contributed by atoms with van der Waals surface area (Å²) in [5.74, 6) is 0.712. The van der Waals surface area contributed by atoms with Crippen LogP contribution in [0.4, 0.5) is 5.82 Å². The maximum Gasteiger partial charge on any atom is 0.142 e. The predicted octanol–water partition coefficient (Wildman–Crippen LogP) is 2.03. The molecule has 0 spiro atoms. The lowest BCUT2D eigenvalue weighted by molar-refractivity contribution is 0.0561. The number of benzene rings is 1. The third-order valence-electron chi connectivity index (χ3n) is 4.43. The van der Waals surface area contributed by atoms with Crippen molar-refractivity contribution in [1.29, 1.82) is 5.26 Å². The SMILES string of the molecule is CN(CC1(O)CCN(Cc2ccccc2)C1)c1cccc(C#N)n1. The average Bonchev–Trinajstić information content (AvgIpc) is 2.96. The minimum Gasteiger partial charge on any atom is -0.387 e. The van der Waals surface area contributed by atoms with Crippen LogP contribution in [-0.4, -0.2) is 47.3 Å². The van der Waals surface area contributed by atoms with Crippen LogP contribution < -0.4 is 4.90 Å². The van der Waals surface area contributed by atoms with Gasteiger partial charge in [0.1, 0.15) is 17.6 Å². The van der Waals surface area contributed by atoms with Gasteiger partial charge in [0, 0.05) is 33.2 Å². The molecular weight excluding hydrogens is 300 g/mol. The zero-order valence-electron chi connectivity index (χ0n) is 13.9. The van der Waals surface area contributed by atoms with E-state index < -0.39 is 5.60 Å². The summed E-state index contributed by atoms with van der Waals surface area (Å²) < 4.78 is 0. The van der Waals surface area contributed by atoms with E-state index in [1.54, 1.807) is 6.07 Å². The fourth-order valence-electron chi connectivity index (χ4n) is 3.27. The molecule has 24 heavy (non-hydrogen) atoms. The van der Waals surface area contributed by atoms with Gasteiger partial charge in [-0.25, -0.2) is 4.98 Å². The summed E-state index contributed by atoms with van der Waals surface area (Å²) in [6, 6.07) is 17.7. The maximum atomic E-state index is 10.9. The standard InChI is InChI=1S/C19H22N4O/c1-22(18-9-5-8-17(12-20)21-18)14-19(24)10-11-23(15-19)13-16-6-3-2-4-7-16/h2-9,24H,10-11,13-15H2,1H3. The third kappa shape index (κ3) is 3.91. The molecule has 5 nitrogen and oxygen atoms in total. The van der Waals surface area contributed by atoms with E-state index in [2.05, 4.69) is 28.1 Å². The van der Waals surface area contributed by atoms with Gasteiger partial charge in [-0.05, 0) is 24.1 Å². The highest BCUT2D eigenvalue weighted by molar-refractivity contribution is 5.41. The zero-order valence-corrected chi connectivity index (χ0v) is 13.9. The quantitative estimate of drug-likeness (QED) is 0.912. The van der Waals surface area contributed by atoms with E-state index in [0.29, 0.717) is 24.6 Å². The monoisotopic (exact) mass is 322 g/mol. The highest BCUT2D eigenvalue weighted by Crippen LogP contribution is 2.25. The molecule has 2 aromatic rings. The van der Waals surface area contributed by atoms with Crippen LogP contribution in [0, 0.1) is 11.3 Å². The number of hydrogen-bond acceptors (Lipinski definition) is 5. The average molecular weight is 322 g/mol. The van der Waals surface area contributed by atoms with E-state index in [1.807, 2.05) is 42.3 Å². The predicted molar refractivity (Wildman–Crippen MR) is 93.5 cm³/mol. The number of likely N-dealkylation sites (tertiary alicyclic amines) is 1. The summed E-state index contributed by atoms with van der Waals surface area (Å²) in [5.41, 5.74) is 0.898. The Morgan fingerprint density at radius 1 is 1.25 bits per heavy atom. The Morgan fingerprint density at radius 3 is 2.79 bits per heavy atom. The van der Waals surface area contributed by atoms with Crippen LogP contribution >= 0.6 is 0 Å². The number of β-amino-alcohol motifs (C(OH)–C–C–N with tert-alkyl or cyclic N) is 1. The van der Waals surface area contributed by atoms with Crippen molar-refractivity contribution >= 4 is 5.82 Å². The topological polar surface area (TPSA) is 63.4 Å². The Balaban J connectivity index is 1.61. The molecule has 0 amide bonds. The van der Waals surface area contributed by atoms with Crippen LogP contribution in [0.15, 0.2) is 48.5 Å². The minimum atomic E-state index is -0.756. The normalized spacial score (nSPS) is 20.7. The van der Waals surface area contributed by atoms with Crippen molar-refractivity contribution in [1.82, 2.24) is 9.88 Å². The Bertz CT molecular complexity index is 728. The first-order chi connectivity index (χ1) is 11.6. The van der Waals surface area contributed by atoms with E-state index in [-0.39, 0.29) is 0 Å². The van der Waals surface area contributed by atoms with Crippen LogP contribution in [0.2, 0.25) is 0 Å². The second-order valence-electron chi connectivity index (χ2n) is 6.52. The number of pyridine rings is 1. The number of hydrogen-bond donors (Lipinski definition) is 1. The molecule has 0 aliphatic carbocycles. The van der Waals surface area contributed by atoms with Gasteiger partial charge in [-0.2, -0.15) is 5.26 Å². The number of aromatic nitrogens is 1. The van der Waals surface area contributed by atoms with Crippen molar-refractivity contribution in [2.75, 3.05) is 31.6 Å². The van der Waals surface area contributed by atoms with Gasteiger partial charge in [0.2, 0.25) is 0 Å². The lowest BCUT2D eigenvalue weighted by Gasteiger charge is -2.29. The second kappa shape index (κ2) is 7.00. The van der Waals surface area contributed by atoms with Crippen LogP contribution in [0.5, 0.6) is 0 Å². The summed E-state index contributed by atoms with van der Waals surface area (Å²) in [6.45, 7) is 2.88. The first kappa shape index (κ1) is 16.4. The van der Waals surface area contributed by atoms with Gasteiger partial charge in [-0.1, -0.05) is 36.4 Å². The number of likely N-dealkylation sites (N-methyl/N-ethyl adjacent to an activating group) is 1. The Labute approximate surface area is 142 Å². The van der Waals surface area contributed by atoms with Gasteiger partial charge in [0.15, 0.2) is 0 Å². The Kier molecular flexibility index (Phi) is 4.79. The van der Waals surface area contributed by atoms with Gasteiger partial charge in [0.05, 0.1) is 5.60 Å². The fourth-order valence-corrected chi connectivity index (χ4v) is 3.27. The molecule has 1 aromatic carbocycles. The third-order valence-corrected chi connectivity index (χ3v) is 4.43. The van der Waals surface area contributed by atoms with Gasteiger partial charge in [-0.3, -0.25) is 4.90 Å². The molecule has 124 valence electrons. The van der Waals surface area contributed by atoms with Crippen molar-refractivity contribution in [2.45, 2.75) is 18.6 Å². The molecule has 1 fully saturated rings. The molecule has 1 saturated heterocycles. The fraction of sp³-hybridized carbons (Fsp3) is 0.368. The molecule has 1 aliphatic rings. The van der Waals surface area contributed by atoms with Gasteiger partial charge in [0.25, 0.3) is 0 Å². The van der Waals surface area contributed by atoms with Crippen LogP contribution in [0.25, 0.3) is 0 Å². The summed E-state index contributed by atoms with van der Waals surface area (Å²) in [5, 5.41) is 19.9. The zero-order chi connectivity index (χ0) is 17.0. The van der Waals surface area contributed by atoms with E-state index in [9.17, 15) is 5.11 Å². The number of aliphatic hydroxyl groups is 1. The van der Waals surface area contributed by atoms with Gasteiger partial charge < -0.3 is 10.0 Å². The molecule has 1 aromatic heterocycles. The van der Waals surface area contributed by atoms with Crippen molar-refractivity contribution in [2.24, 2.45) is 0 Å². The number of rotatable bonds is 5. The first-order valence-electron chi connectivity index (χ1n) is 8.15. The summed E-state index contributed by atoms with van der Waals surface area (Å²) in [6.07, 6.45) is 0.738. The number of anilines is 1. The summed E-state index contributed by atoms with van der Waals surface area (Å²) >= 11 is 0. The van der Waals surface area contributed by atoms with Gasteiger partial charge in [-0.15, -0.1) is 0 Å². The highest BCUT2D eigenvalue weighted by atomic mass is 16.3. The van der Waals surface area contributed by atoms with Crippen molar-refractivity contribution in [3.63, 3.8) is 0 Å². The lowest BCUT2D eigenvalue weighted by Crippen LogP contribution is -2.44. The lowest BCUT2D eigenvalue weighted by atomic mass is 10.0. The molecular formula is C19H22N4O. The van der Waals surface area contributed by atoms with Crippen LogP contribution in [0.1, 0.15) is 17.7 Å². The highest BCUT2D eigenvalue weighted by Gasteiger charge is 2.37. The van der Waals surface area contributed by atoms with E-state index in [0.717, 1.165) is 19.5 Å². The van der Waals surface area contributed by atoms with Crippen LogP contribution in [0.3, 0.4) is 0 Å². The summed E-state index contributed by atoms with van der Waals surface area (Å²) in [7, 11) is 1.90. The largest absolute Gasteiger partial charge is 0.387 e. The summed E-state index contributed by atoms with van der Waals surface area (Å²) in [4.78, 5) is 8.49. The molecule has 0 radical (unpaired) electrons. The number of nitrogens with zero attached hydrogens (tertiary/aromatic N) is 4. The van der Waals surface area contributed by atoms with Crippen molar-refractivity contribution < 1.29 is 5.11 Å². The molecule has 1 unspecified atom stereocenters. The molecule has 0 saturated carbocycles. The number of nitriles is 1. The van der Waals surface area contributed by atoms with Crippen molar-refractivity contribution in [3.8, 4) is 6.07 Å². The Morgan fingerprint density at radius 2 is 2.04 bits per heavy atom. The molecule has 1 N–H and O–H groups in total. The van der Waals surface area contributed by atoms with E-state index in [1.165, 1.54) is 5.56 Å². The Hall–Kier alpha value is -2.42. The van der Waals surface area contributed by atoms with E-state index >= 15 is 0 Å². The molecule has 5 heteroatoms. The van der Waals surface area contributed by atoms with Crippen molar-refractivity contribution in [3.05, 3.63) is 59.8 Å². The molecule has 1 aliphatic heterocycles. The van der Waals surface area contributed by atoms with Gasteiger partial charge >= 0.3 is 0 Å².